The Bertz CT molecular complexity index is 1050. The number of hydrogen-bond acceptors (Lipinski definition) is 7. The topological polar surface area (TPSA) is 143 Å². The van der Waals surface area contributed by atoms with Crippen molar-refractivity contribution in [2.24, 2.45) is 5.92 Å². The van der Waals surface area contributed by atoms with E-state index in [2.05, 4.69) is 28.8 Å². The van der Waals surface area contributed by atoms with Crippen LogP contribution in [0, 0.1) is 16.0 Å². The molecule has 202 valence electrons. The van der Waals surface area contributed by atoms with Crippen molar-refractivity contribution < 1.29 is 28.0 Å². The molecule has 0 aliphatic carbocycles. The molecule has 11 nitrogen and oxygen atoms in total. The Morgan fingerprint density at radius 1 is 1.14 bits per heavy atom. The zero-order chi connectivity index (χ0) is 26.8. The summed E-state index contributed by atoms with van der Waals surface area (Å²) >= 11 is 0. The van der Waals surface area contributed by atoms with Gasteiger partial charge in [-0.05, 0) is 36.5 Å². The van der Waals surface area contributed by atoms with Gasteiger partial charge in [0.1, 0.15) is 0 Å². The summed E-state index contributed by atoms with van der Waals surface area (Å²) in [5.41, 5.74) is 1.05. The molecule has 37 heavy (non-hydrogen) atoms. The van der Waals surface area contributed by atoms with Crippen LogP contribution in [-0.2, 0) is 19.6 Å². The number of nitro benzene ring substituents is 1. The van der Waals surface area contributed by atoms with Gasteiger partial charge in [0.05, 0.1) is 16.2 Å². The van der Waals surface area contributed by atoms with E-state index >= 15 is 0 Å². The fourth-order valence-electron chi connectivity index (χ4n) is 3.97. The standard InChI is InChI=1S/C25H34N4O7S/c1-19(2)17-28(37(35-18-36-37)23-10-8-22(9-11-23)29(33)34)15-13-21(16-20-6-4-3-5-7-20)27-25(32)26-14-12-24(30)31/h3-11,19,21H,12-18H2,1-2H3,(H,30,31)(H2,26,27,32)/t21-/m1/s1. The Morgan fingerprint density at radius 3 is 2.35 bits per heavy atom. The maximum Gasteiger partial charge on any atom is 0.315 e. The van der Waals surface area contributed by atoms with E-state index in [-0.39, 0.29) is 37.4 Å². The maximum absolute atomic E-state index is 12.5. The molecular formula is C25H34N4O7S. The number of benzene rings is 2. The zero-order valence-electron chi connectivity index (χ0n) is 21.0. The Morgan fingerprint density at radius 2 is 1.81 bits per heavy atom. The maximum atomic E-state index is 12.5. The molecule has 2 aromatic carbocycles. The number of amides is 2. The number of aliphatic carboxylic acids is 1. The lowest BCUT2D eigenvalue weighted by Crippen LogP contribution is -2.46. The van der Waals surface area contributed by atoms with Crippen LogP contribution >= 0.6 is 10.8 Å². The second kappa shape index (κ2) is 13.4. The van der Waals surface area contributed by atoms with Crippen LogP contribution in [0.25, 0.3) is 0 Å². The minimum absolute atomic E-state index is 0.00549. The van der Waals surface area contributed by atoms with Gasteiger partial charge in [0, 0.05) is 37.8 Å². The first-order valence-electron chi connectivity index (χ1n) is 12.1. The summed E-state index contributed by atoms with van der Waals surface area (Å²) in [6.07, 6.45) is 1.00. The van der Waals surface area contributed by atoms with Crippen molar-refractivity contribution in [2.45, 2.75) is 44.0 Å². The highest BCUT2D eigenvalue weighted by molar-refractivity contribution is 8.24. The quantitative estimate of drug-likeness (QED) is 0.241. The van der Waals surface area contributed by atoms with Gasteiger partial charge in [0.15, 0.2) is 6.79 Å². The van der Waals surface area contributed by atoms with Crippen molar-refractivity contribution in [2.75, 3.05) is 26.4 Å². The smallest absolute Gasteiger partial charge is 0.315 e. The molecule has 3 N–H and O–H groups in total. The van der Waals surface area contributed by atoms with E-state index in [9.17, 15) is 19.7 Å². The van der Waals surface area contributed by atoms with Crippen LogP contribution in [0.15, 0.2) is 59.5 Å². The average molecular weight is 535 g/mol. The van der Waals surface area contributed by atoms with E-state index in [4.69, 9.17) is 13.5 Å². The van der Waals surface area contributed by atoms with Crippen LogP contribution in [-0.4, -0.2) is 58.8 Å². The Kier molecular flexibility index (Phi) is 10.3. The molecule has 0 radical (unpaired) electrons. The Hall–Kier alpha value is -3.19. The molecule has 1 aliphatic rings. The Labute approximate surface area is 218 Å². The van der Waals surface area contributed by atoms with Gasteiger partial charge in [-0.2, -0.15) is 0 Å². The summed E-state index contributed by atoms with van der Waals surface area (Å²) < 4.78 is 14.2. The van der Waals surface area contributed by atoms with Gasteiger partial charge in [-0.3, -0.25) is 14.9 Å². The highest BCUT2D eigenvalue weighted by Crippen LogP contribution is 2.66. The average Bonchev–Trinajstić information content (AvgIpc) is 2.82. The largest absolute Gasteiger partial charge is 0.481 e. The van der Waals surface area contributed by atoms with Gasteiger partial charge in [-0.15, -0.1) is 0 Å². The van der Waals surface area contributed by atoms with E-state index in [0.717, 1.165) is 10.5 Å². The molecule has 1 saturated heterocycles. The lowest BCUT2D eigenvalue weighted by molar-refractivity contribution is -0.384. The molecule has 0 aromatic heterocycles. The van der Waals surface area contributed by atoms with Gasteiger partial charge in [0.2, 0.25) is 0 Å². The number of carboxylic acid groups (broad SMARTS) is 1. The van der Waals surface area contributed by atoms with Gasteiger partial charge in [0.25, 0.3) is 5.69 Å². The van der Waals surface area contributed by atoms with Crippen molar-refractivity contribution >= 4 is 28.5 Å². The molecular weight excluding hydrogens is 500 g/mol. The van der Waals surface area contributed by atoms with Gasteiger partial charge in [-0.1, -0.05) is 55.0 Å². The third-order valence-electron chi connectivity index (χ3n) is 5.68. The zero-order valence-corrected chi connectivity index (χ0v) is 21.8. The van der Waals surface area contributed by atoms with E-state index in [1.165, 1.54) is 12.1 Å². The summed E-state index contributed by atoms with van der Waals surface area (Å²) in [5, 5.41) is 25.5. The van der Waals surface area contributed by atoms with Crippen LogP contribution < -0.4 is 10.6 Å². The molecule has 2 aromatic rings. The monoisotopic (exact) mass is 534 g/mol. The molecule has 1 aliphatic heterocycles. The van der Waals surface area contributed by atoms with Crippen LogP contribution in [0.5, 0.6) is 0 Å². The van der Waals surface area contributed by atoms with E-state index < -0.39 is 27.7 Å². The first-order valence-corrected chi connectivity index (χ1v) is 13.6. The molecule has 3 rings (SSSR count). The van der Waals surface area contributed by atoms with Gasteiger partial charge >= 0.3 is 12.0 Å². The minimum atomic E-state index is -2.26. The summed E-state index contributed by atoms with van der Waals surface area (Å²) in [5.74, 6) is -0.694. The summed E-state index contributed by atoms with van der Waals surface area (Å²) in [6.45, 7) is 5.55. The van der Waals surface area contributed by atoms with E-state index in [1.54, 1.807) is 12.1 Å². The van der Waals surface area contributed by atoms with E-state index in [0.29, 0.717) is 25.9 Å². The molecule has 0 bridgehead atoms. The molecule has 1 atom stereocenters. The second-order valence-corrected chi connectivity index (χ2v) is 11.5. The molecule has 0 spiro atoms. The molecule has 0 saturated carbocycles. The summed E-state index contributed by atoms with van der Waals surface area (Å²) in [4.78, 5) is 34.7. The first kappa shape index (κ1) is 28.4. The highest BCUT2D eigenvalue weighted by atomic mass is 32.3. The van der Waals surface area contributed by atoms with Gasteiger partial charge in [-0.25, -0.2) is 17.5 Å². The molecule has 12 heteroatoms. The number of carbonyl (C=O) groups is 2. The van der Waals surface area contributed by atoms with Crippen molar-refractivity contribution in [1.29, 1.82) is 0 Å². The Balaban J connectivity index is 1.76. The number of nitrogens with one attached hydrogen (secondary N) is 2. The van der Waals surface area contributed by atoms with Crippen LogP contribution in [0.3, 0.4) is 0 Å². The van der Waals surface area contributed by atoms with Crippen molar-refractivity contribution in [1.82, 2.24) is 14.9 Å². The van der Waals surface area contributed by atoms with E-state index in [1.807, 2.05) is 30.3 Å². The van der Waals surface area contributed by atoms with Crippen LogP contribution in [0.2, 0.25) is 0 Å². The second-order valence-electron chi connectivity index (χ2n) is 9.08. The van der Waals surface area contributed by atoms with Crippen molar-refractivity contribution in [3.8, 4) is 0 Å². The van der Waals surface area contributed by atoms with Crippen molar-refractivity contribution in [3.63, 3.8) is 0 Å². The number of non-ortho nitro benzene ring substituents is 1. The first-order chi connectivity index (χ1) is 17.7. The van der Waals surface area contributed by atoms with Crippen LogP contribution in [0.4, 0.5) is 10.5 Å². The lowest BCUT2D eigenvalue weighted by Gasteiger charge is -2.56. The van der Waals surface area contributed by atoms with Gasteiger partial charge < -0.3 is 15.7 Å². The predicted octanol–water partition coefficient (Wildman–Crippen LogP) is 4.24. The summed E-state index contributed by atoms with van der Waals surface area (Å²) in [6, 6.07) is 15.4. The number of hydrogen-bond donors (Lipinski definition) is 3. The third-order valence-corrected chi connectivity index (χ3v) is 8.39. The fourth-order valence-corrected chi connectivity index (χ4v) is 6.44. The van der Waals surface area contributed by atoms with Crippen molar-refractivity contribution in [3.05, 3.63) is 70.3 Å². The number of urea groups is 1. The number of carboxylic acids is 1. The normalized spacial score (nSPS) is 16.0. The lowest BCUT2D eigenvalue weighted by atomic mass is 10.0. The predicted molar refractivity (Wildman–Crippen MR) is 140 cm³/mol. The SMILES string of the molecule is CC(C)CN(CC[C@H](Cc1ccccc1)NC(=O)NCCC(=O)O)S1(c2ccc([N+](=O)[O-])cc2)OCO1. The molecule has 2 amide bonds. The number of rotatable bonds is 14. The number of nitro groups is 1. The molecule has 1 fully saturated rings. The number of nitrogens with zero attached hydrogens (tertiary/aromatic N) is 2. The van der Waals surface area contributed by atoms with Crippen LogP contribution in [0.1, 0.15) is 32.3 Å². The molecule has 1 heterocycles. The third kappa shape index (κ3) is 8.15. The number of carbonyl (C=O) groups excluding carboxylic acids is 1. The minimum Gasteiger partial charge on any atom is -0.481 e. The summed E-state index contributed by atoms with van der Waals surface area (Å²) in [7, 11) is -2.26. The highest BCUT2D eigenvalue weighted by Gasteiger charge is 2.40. The molecule has 0 unspecified atom stereocenters. The fraction of sp³-hybridized carbons (Fsp3) is 0.440.